The van der Waals surface area contributed by atoms with Crippen LogP contribution in [-0.2, 0) is 44.0 Å². The number of halogens is 1. The van der Waals surface area contributed by atoms with Crippen molar-refractivity contribution >= 4 is 66.3 Å². The first-order chi connectivity index (χ1) is 19.4. The molecule has 5 unspecified atom stereocenters. The Labute approximate surface area is 241 Å². The number of imidazole rings is 1. The van der Waals surface area contributed by atoms with Crippen LogP contribution < -0.4 is 22.1 Å². The quantitative estimate of drug-likeness (QED) is 0.155. The van der Waals surface area contributed by atoms with E-state index in [4.69, 9.17) is 46.1 Å². The third kappa shape index (κ3) is 5.74. The number of nitrogen functional groups attached to an aromatic ring is 1. The second kappa shape index (κ2) is 11.0. The number of ether oxygens (including phenoxy) is 1. The number of fused-ring (bicyclic) bond motifs is 6. The highest BCUT2D eigenvalue weighted by molar-refractivity contribution is 8.44. The van der Waals surface area contributed by atoms with Crippen LogP contribution >= 0.6 is 25.8 Å². The number of hydrogen-bond acceptors (Lipinski definition) is 16. The number of carbonyl (C=O) groups excluding carboxylic acids is 1. The van der Waals surface area contributed by atoms with Crippen molar-refractivity contribution in [2.75, 3.05) is 32.1 Å². The van der Waals surface area contributed by atoms with Crippen LogP contribution in [0.2, 0.25) is 0 Å². The van der Waals surface area contributed by atoms with E-state index in [2.05, 4.69) is 42.8 Å². The van der Waals surface area contributed by atoms with Crippen LogP contribution in [0, 0.1) is 0 Å². The molecule has 3 saturated heterocycles. The van der Waals surface area contributed by atoms with Gasteiger partial charge in [0.15, 0.2) is 29.9 Å². The molecule has 18 nitrogen and oxygen atoms in total. The molecule has 4 aliphatic rings. The van der Waals surface area contributed by atoms with E-state index < -0.39 is 75.7 Å². The van der Waals surface area contributed by atoms with E-state index >= 15 is 4.39 Å². The highest BCUT2D eigenvalue weighted by Crippen LogP contribution is 2.57. The Kier molecular flexibility index (Phi) is 7.84. The standard InChI is InChI=1S/C18H25FN10O8P2S2/c19-9-7-3-34-38(31,40)33-2-1-28-8(25-11-15(28)26-18(21)27-16(11)30)4-35-39(32,41)37-12(9)17(36-7)29-6-24-10-13(20)22-5-23-14(10)29/h5-7,9,11-12,15,17-18,26H,1-4,21H2,(H,27,30)(H,31,40)(H,32,41)(H2,20,22,23)/t7-,9-,11?,12-,15?,17-,18?,38?,39?/m1/s1. The SMILES string of the molecule is Nc1ncnc2c1ncn2[C@@H]1O[C@@H]2COP(O)(=S)OCCN3C(=NC4C(=O)NC(N)NC43)COP(=O)(S)O[C@@H]1[C@@H]2F. The summed E-state index contributed by atoms with van der Waals surface area (Å²) in [6, 6.07) is -0.923. The van der Waals surface area contributed by atoms with E-state index in [1.807, 2.05) is 0 Å². The predicted molar refractivity (Wildman–Crippen MR) is 145 cm³/mol. The lowest BCUT2D eigenvalue weighted by Crippen LogP contribution is -2.69. The predicted octanol–water partition coefficient (Wildman–Crippen LogP) is -1.28. The van der Waals surface area contributed by atoms with Crippen LogP contribution in [0.4, 0.5) is 10.2 Å². The molecule has 0 aromatic carbocycles. The van der Waals surface area contributed by atoms with Gasteiger partial charge in [-0.3, -0.25) is 34.5 Å². The fraction of sp³-hybridized carbons (Fsp3) is 0.611. The third-order valence-electron chi connectivity index (χ3n) is 6.70. The van der Waals surface area contributed by atoms with Crippen LogP contribution in [-0.4, -0.2) is 104 Å². The Morgan fingerprint density at radius 1 is 1.27 bits per heavy atom. The normalized spacial score (nSPS) is 40.3. The zero-order chi connectivity index (χ0) is 29.1. The Morgan fingerprint density at radius 3 is 2.88 bits per heavy atom. The van der Waals surface area contributed by atoms with Crippen LogP contribution in [0.15, 0.2) is 17.6 Å². The molecule has 0 saturated carbocycles. The Hall–Kier alpha value is -1.87. The summed E-state index contributed by atoms with van der Waals surface area (Å²) in [4.78, 5) is 41.3. The molecule has 0 spiro atoms. The Bertz CT molecular complexity index is 1490. The largest absolute Gasteiger partial charge is 0.387 e. The molecule has 6 rings (SSSR count). The van der Waals surface area contributed by atoms with Gasteiger partial charge in [-0.15, -0.1) is 0 Å². The summed E-state index contributed by atoms with van der Waals surface area (Å²) in [7, 11) is 0. The number of rotatable bonds is 1. The van der Waals surface area contributed by atoms with Gasteiger partial charge < -0.3 is 34.6 Å². The summed E-state index contributed by atoms with van der Waals surface area (Å²) in [6.45, 7) is -9.31. The molecule has 6 heterocycles. The van der Waals surface area contributed by atoms with Gasteiger partial charge in [0, 0.05) is 6.54 Å². The Morgan fingerprint density at radius 2 is 2.07 bits per heavy atom. The maximum atomic E-state index is 15.8. The van der Waals surface area contributed by atoms with Crippen molar-refractivity contribution < 1.29 is 41.5 Å². The molecule has 224 valence electrons. The van der Waals surface area contributed by atoms with Gasteiger partial charge >= 0.3 is 13.5 Å². The molecule has 1 amide bonds. The van der Waals surface area contributed by atoms with Gasteiger partial charge in [0.05, 0.1) is 19.5 Å². The number of aliphatic imine (C=N–C) groups is 1. The number of nitrogens with zero attached hydrogens (tertiary/aromatic N) is 6. The zero-order valence-corrected chi connectivity index (χ0v) is 24.3. The zero-order valence-electron chi connectivity index (χ0n) is 20.8. The summed E-state index contributed by atoms with van der Waals surface area (Å²) < 4.78 is 58.4. The highest BCUT2D eigenvalue weighted by Gasteiger charge is 2.51. The minimum atomic E-state index is -4.31. The van der Waals surface area contributed by atoms with E-state index in [9.17, 15) is 14.3 Å². The molecule has 2 bridgehead atoms. The Balaban J connectivity index is 1.32. The van der Waals surface area contributed by atoms with Crippen LogP contribution in [0.5, 0.6) is 0 Å². The molecular weight excluding hydrogens is 629 g/mol. The van der Waals surface area contributed by atoms with E-state index in [0.29, 0.717) is 0 Å². The number of nitrogens with one attached hydrogen (secondary N) is 2. The van der Waals surface area contributed by atoms with Gasteiger partial charge in [0.25, 0.3) is 5.91 Å². The lowest BCUT2D eigenvalue weighted by atomic mass is 10.1. The van der Waals surface area contributed by atoms with Crippen molar-refractivity contribution in [2.24, 2.45) is 10.7 Å². The van der Waals surface area contributed by atoms with E-state index in [0.717, 1.165) is 0 Å². The number of alkyl halides is 1. The van der Waals surface area contributed by atoms with Crippen molar-refractivity contribution in [1.82, 2.24) is 35.1 Å². The number of nitrogens with two attached hydrogens (primary N) is 2. The molecule has 4 aliphatic heterocycles. The number of carbonyl (C=O) groups is 1. The van der Waals surface area contributed by atoms with Crippen molar-refractivity contribution in [3.05, 3.63) is 12.7 Å². The first kappa shape index (κ1) is 29.2. The first-order valence-electron chi connectivity index (χ1n) is 12.1. The van der Waals surface area contributed by atoms with Gasteiger partial charge in [0.1, 0.15) is 48.9 Å². The number of amides is 1. The number of hydrogen-bond donors (Lipinski definition) is 6. The molecule has 3 fully saturated rings. The minimum Gasteiger partial charge on any atom is -0.382 e. The summed E-state index contributed by atoms with van der Waals surface area (Å²) in [6.07, 6.45) is -5.31. The number of amidine groups is 1. The van der Waals surface area contributed by atoms with Crippen molar-refractivity contribution in [3.8, 4) is 0 Å². The molecule has 0 radical (unpaired) electrons. The lowest BCUT2D eigenvalue weighted by Gasteiger charge is -2.36. The monoisotopic (exact) mass is 654 g/mol. The fourth-order valence-electron chi connectivity index (χ4n) is 4.88. The first-order valence-corrected chi connectivity index (χ1v) is 17.4. The molecule has 0 aliphatic carbocycles. The number of anilines is 1. The molecule has 2 aromatic heterocycles. The summed E-state index contributed by atoms with van der Waals surface area (Å²) in [5, 5.41) is 5.51. The average molecular weight is 655 g/mol. The summed E-state index contributed by atoms with van der Waals surface area (Å²) in [5.41, 5.74) is 12.1. The van der Waals surface area contributed by atoms with Crippen molar-refractivity contribution in [2.45, 2.75) is 43.1 Å². The third-order valence-corrected chi connectivity index (χ3v) is 9.91. The van der Waals surface area contributed by atoms with E-state index in [1.165, 1.54) is 17.2 Å². The van der Waals surface area contributed by atoms with Gasteiger partial charge in [-0.1, -0.05) is 12.2 Å². The molecule has 23 heteroatoms. The second-order valence-corrected chi connectivity index (χ2v) is 15.0. The smallest absolute Gasteiger partial charge is 0.382 e. The molecule has 7 N–H and O–H groups in total. The fourth-order valence-corrected chi connectivity index (χ4v) is 7.37. The van der Waals surface area contributed by atoms with Crippen LogP contribution in [0.1, 0.15) is 6.23 Å². The lowest BCUT2D eigenvalue weighted by molar-refractivity contribution is -0.126. The topological polar surface area (TPSA) is 236 Å². The van der Waals surface area contributed by atoms with E-state index in [-0.39, 0.29) is 36.0 Å². The second-order valence-electron chi connectivity index (χ2n) is 9.28. The maximum Gasteiger partial charge on any atom is 0.387 e. The van der Waals surface area contributed by atoms with Crippen molar-refractivity contribution in [3.63, 3.8) is 0 Å². The summed E-state index contributed by atoms with van der Waals surface area (Å²) in [5.74, 6) is -0.211. The van der Waals surface area contributed by atoms with Gasteiger partial charge in [-0.05, 0) is 11.8 Å². The summed E-state index contributed by atoms with van der Waals surface area (Å²) >= 11 is 9.16. The number of thiol groups is 1. The maximum absolute atomic E-state index is 15.8. The van der Waals surface area contributed by atoms with Crippen LogP contribution in [0.3, 0.4) is 0 Å². The van der Waals surface area contributed by atoms with Crippen molar-refractivity contribution in [1.29, 1.82) is 0 Å². The highest BCUT2D eigenvalue weighted by atomic mass is 32.7. The molecule has 2 aromatic rings. The van der Waals surface area contributed by atoms with Gasteiger partial charge in [-0.25, -0.2) is 23.9 Å². The minimum absolute atomic E-state index is 0.0471. The molecule has 41 heavy (non-hydrogen) atoms. The number of aromatic nitrogens is 4. The average Bonchev–Trinajstić information content (AvgIpc) is 3.56. The van der Waals surface area contributed by atoms with Gasteiger partial charge in [-0.2, -0.15) is 0 Å². The molecule has 9 atom stereocenters. The molecular formula is C18H25FN10O8P2S2. The van der Waals surface area contributed by atoms with Crippen LogP contribution in [0.25, 0.3) is 11.2 Å². The van der Waals surface area contributed by atoms with E-state index in [1.54, 1.807) is 4.90 Å². The van der Waals surface area contributed by atoms with Gasteiger partial charge in [0.2, 0.25) is 0 Å².